The van der Waals surface area contributed by atoms with Gasteiger partial charge in [0.2, 0.25) is 0 Å². The highest BCUT2D eigenvalue weighted by molar-refractivity contribution is 9.10. The lowest BCUT2D eigenvalue weighted by Gasteiger charge is -2.02. The summed E-state index contributed by atoms with van der Waals surface area (Å²) >= 11 is 9.12. The summed E-state index contributed by atoms with van der Waals surface area (Å²) in [7, 11) is 0. The number of hydrogen-bond donors (Lipinski definition) is 1. The van der Waals surface area contributed by atoms with Crippen molar-refractivity contribution in [3.63, 3.8) is 0 Å². The molecule has 2 nitrogen and oxygen atoms in total. The molecule has 0 aliphatic heterocycles. The van der Waals surface area contributed by atoms with Gasteiger partial charge in [-0.05, 0) is 41.1 Å². The summed E-state index contributed by atoms with van der Waals surface area (Å²) in [4.78, 5) is 11.5. The molecule has 0 unspecified atom stereocenters. The Kier molecular flexibility index (Phi) is 4.67. The van der Waals surface area contributed by atoms with Gasteiger partial charge in [0.05, 0.1) is 11.6 Å². The van der Waals surface area contributed by atoms with Crippen molar-refractivity contribution >= 4 is 33.4 Å². The van der Waals surface area contributed by atoms with E-state index < -0.39 is 0 Å². The highest BCUT2D eigenvalue weighted by atomic mass is 79.9. The minimum Gasteiger partial charge on any atom is -0.341 e. The molecule has 0 saturated carbocycles. The first-order valence-corrected chi connectivity index (χ1v) is 5.45. The fourth-order valence-corrected chi connectivity index (χ4v) is 1.38. The van der Waals surface area contributed by atoms with Gasteiger partial charge in [-0.25, -0.2) is 0 Å². The molecule has 0 radical (unpaired) electrons. The lowest BCUT2D eigenvalue weighted by atomic mass is 10.2. The molecule has 0 fully saturated rings. The van der Waals surface area contributed by atoms with Crippen LogP contribution in [0.2, 0.25) is 5.02 Å². The Morgan fingerprint density at radius 1 is 1.60 bits per heavy atom. The van der Waals surface area contributed by atoms with E-state index in [0.29, 0.717) is 17.1 Å². The van der Waals surface area contributed by atoms with Gasteiger partial charge in [0, 0.05) is 10.0 Å². The third-order valence-corrected chi connectivity index (χ3v) is 2.93. The predicted molar refractivity (Wildman–Crippen MR) is 64.9 cm³/mol. The molecule has 1 aromatic carbocycles. The standard InChI is InChI=1S/C11H9BrClNO/c1-2-3-6-14-11(15)8-4-5-9(12)10(13)7-8/h4-5,7H,6H2,1H3,(H,14,15). The van der Waals surface area contributed by atoms with Crippen molar-refractivity contribution in [1.29, 1.82) is 0 Å². The molecule has 0 atom stereocenters. The molecule has 0 aromatic heterocycles. The topological polar surface area (TPSA) is 29.1 Å². The van der Waals surface area contributed by atoms with Crippen LogP contribution in [-0.2, 0) is 0 Å². The summed E-state index contributed by atoms with van der Waals surface area (Å²) in [6.45, 7) is 2.08. The average Bonchev–Trinajstić information content (AvgIpc) is 2.22. The van der Waals surface area contributed by atoms with Gasteiger partial charge >= 0.3 is 0 Å². The van der Waals surface area contributed by atoms with E-state index in [1.165, 1.54) is 0 Å². The Hall–Kier alpha value is -0.980. The van der Waals surface area contributed by atoms with E-state index in [2.05, 4.69) is 33.1 Å². The number of nitrogens with one attached hydrogen (secondary N) is 1. The lowest BCUT2D eigenvalue weighted by molar-refractivity contribution is 0.0958. The van der Waals surface area contributed by atoms with Gasteiger partial charge in [-0.3, -0.25) is 4.79 Å². The molecular formula is C11H9BrClNO. The van der Waals surface area contributed by atoms with Crippen LogP contribution in [0.5, 0.6) is 0 Å². The van der Waals surface area contributed by atoms with Gasteiger partial charge in [-0.2, -0.15) is 0 Å². The van der Waals surface area contributed by atoms with Crippen molar-refractivity contribution in [1.82, 2.24) is 5.32 Å². The summed E-state index contributed by atoms with van der Waals surface area (Å²) in [6.07, 6.45) is 0. The van der Waals surface area contributed by atoms with Crippen LogP contribution in [-0.4, -0.2) is 12.5 Å². The molecule has 0 aliphatic carbocycles. The first-order chi connectivity index (χ1) is 7.15. The summed E-state index contributed by atoms with van der Waals surface area (Å²) in [6, 6.07) is 5.05. The first-order valence-electron chi connectivity index (χ1n) is 4.28. The van der Waals surface area contributed by atoms with E-state index in [-0.39, 0.29) is 5.91 Å². The van der Waals surface area contributed by atoms with Crippen molar-refractivity contribution in [2.24, 2.45) is 0 Å². The third-order valence-electron chi connectivity index (χ3n) is 1.70. The fraction of sp³-hybridized carbons (Fsp3) is 0.182. The highest BCUT2D eigenvalue weighted by Crippen LogP contribution is 2.22. The van der Waals surface area contributed by atoms with E-state index >= 15 is 0 Å². The average molecular weight is 287 g/mol. The molecule has 4 heteroatoms. The zero-order valence-corrected chi connectivity index (χ0v) is 10.4. The molecule has 15 heavy (non-hydrogen) atoms. The molecular weight excluding hydrogens is 277 g/mol. The third kappa shape index (κ3) is 3.58. The van der Waals surface area contributed by atoms with Gasteiger partial charge in [-0.1, -0.05) is 17.5 Å². The minimum atomic E-state index is -0.174. The van der Waals surface area contributed by atoms with E-state index in [1.807, 2.05) is 0 Å². The van der Waals surface area contributed by atoms with E-state index in [1.54, 1.807) is 25.1 Å². The Bertz CT molecular complexity index is 434. The van der Waals surface area contributed by atoms with Crippen LogP contribution < -0.4 is 5.32 Å². The van der Waals surface area contributed by atoms with Gasteiger partial charge in [-0.15, -0.1) is 5.92 Å². The molecule has 1 N–H and O–H groups in total. The quantitative estimate of drug-likeness (QED) is 0.832. The van der Waals surface area contributed by atoms with Crippen molar-refractivity contribution < 1.29 is 4.79 Å². The molecule has 0 saturated heterocycles. The molecule has 1 rings (SSSR count). The number of carbonyl (C=O) groups is 1. The van der Waals surface area contributed by atoms with Crippen molar-refractivity contribution in [3.05, 3.63) is 33.3 Å². The van der Waals surface area contributed by atoms with Crippen LogP contribution in [0.1, 0.15) is 17.3 Å². The van der Waals surface area contributed by atoms with Crippen molar-refractivity contribution in [3.8, 4) is 11.8 Å². The van der Waals surface area contributed by atoms with E-state index in [0.717, 1.165) is 4.47 Å². The van der Waals surface area contributed by atoms with E-state index in [4.69, 9.17) is 11.6 Å². The molecule has 0 bridgehead atoms. The second-order valence-corrected chi connectivity index (χ2v) is 4.00. The smallest absolute Gasteiger partial charge is 0.252 e. The number of hydrogen-bond acceptors (Lipinski definition) is 1. The molecule has 0 heterocycles. The summed E-state index contributed by atoms with van der Waals surface area (Å²) in [5, 5.41) is 3.18. The Morgan fingerprint density at radius 3 is 2.93 bits per heavy atom. The van der Waals surface area contributed by atoms with Crippen molar-refractivity contribution in [2.75, 3.05) is 6.54 Å². The Balaban J connectivity index is 2.72. The first kappa shape index (κ1) is 12.1. The zero-order valence-electron chi connectivity index (χ0n) is 8.10. The van der Waals surface area contributed by atoms with Gasteiger partial charge in [0.15, 0.2) is 0 Å². The normalized spacial score (nSPS) is 9.00. The van der Waals surface area contributed by atoms with Crippen LogP contribution >= 0.6 is 27.5 Å². The zero-order chi connectivity index (χ0) is 11.3. The summed E-state index contributed by atoms with van der Waals surface area (Å²) in [5.41, 5.74) is 0.529. The highest BCUT2D eigenvalue weighted by Gasteiger charge is 2.06. The van der Waals surface area contributed by atoms with Crippen LogP contribution in [0, 0.1) is 11.8 Å². The second-order valence-electron chi connectivity index (χ2n) is 2.74. The Labute approximate surface area is 102 Å². The summed E-state index contributed by atoms with van der Waals surface area (Å²) < 4.78 is 0.772. The fourth-order valence-electron chi connectivity index (χ4n) is 0.952. The van der Waals surface area contributed by atoms with Crippen LogP contribution in [0.4, 0.5) is 0 Å². The number of carbonyl (C=O) groups excluding carboxylic acids is 1. The van der Waals surface area contributed by atoms with Gasteiger partial charge in [0.1, 0.15) is 0 Å². The lowest BCUT2D eigenvalue weighted by Crippen LogP contribution is -2.23. The monoisotopic (exact) mass is 285 g/mol. The molecule has 1 aromatic rings. The Morgan fingerprint density at radius 2 is 2.33 bits per heavy atom. The summed E-state index contributed by atoms with van der Waals surface area (Å²) in [5.74, 6) is 5.27. The maximum Gasteiger partial charge on any atom is 0.252 e. The second kappa shape index (κ2) is 5.79. The number of benzene rings is 1. The molecule has 0 aliphatic rings. The van der Waals surface area contributed by atoms with E-state index in [9.17, 15) is 4.79 Å². The van der Waals surface area contributed by atoms with Crippen LogP contribution in [0.3, 0.4) is 0 Å². The number of halogens is 2. The predicted octanol–water partition coefficient (Wildman–Crippen LogP) is 2.86. The van der Waals surface area contributed by atoms with Crippen LogP contribution in [0.25, 0.3) is 0 Å². The van der Waals surface area contributed by atoms with Crippen LogP contribution in [0.15, 0.2) is 22.7 Å². The maximum absolute atomic E-state index is 11.5. The minimum absolute atomic E-state index is 0.174. The maximum atomic E-state index is 11.5. The molecule has 1 amide bonds. The van der Waals surface area contributed by atoms with Crippen molar-refractivity contribution in [2.45, 2.75) is 6.92 Å². The largest absolute Gasteiger partial charge is 0.341 e. The number of rotatable bonds is 2. The van der Waals surface area contributed by atoms with Gasteiger partial charge < -0.3 is 5.32 Å². The SMILES string of the molecule is CC#CCNC(=O)c1ccc(Br)c(Cl)c1. The molecule has 0 spiro atoms. The molecule has 78 valence electrons. The number of amides is 1. The van der Waals surface area contributed by atoms with Gasteiger partial charge in [0.25, 0.3) is 5.91 Å².